The lowest BCUT2D eigenvalue weighted by Gasteiger charge is -2.27. The standard InChI is InChI=1S/C33H37N3O5/c1-33(17-16-22-8-3-4-11-27(22)33)36-32(40)23-9-7-10-24(20-23)41-19-6-2-5-18-34-21-29(38)25-12-14-28(37)31-26(25)13-15-30(39)35-31/h3-4,7-15,20,29,34,37-38H,2,5-6,16-19,21H2,1H3,(H,35,39)(H,36,40). The number of rotatable bonds is 12. The number of aromatic nitrogens is 1. The van der Waals surface area contributed by atoms with Crippen LogP contribution < -0.4 is 20.9 Å². The Kier molecular flexibility index (Phi) is 8.71. The number of benzene rings is 3. The molecule has 0 bridgehead atoms. The summed E-state index contributed by atoms with van der Waals surface area (Å²) in [5, 5.41) is 27.8. The number of ether oxygens (including phenoxy) is 1. The van der Waals surface area contributed by atoms with E-state index in [4.69, 9.17) is 4.74 Å². The fourth-order valence-corrected chi connectivity index (χ4v) is 5.59. The van der Waals surface area contributed by atoms with E-state index in [1.807, 2.05) is 30.3 Å². The smallest absolute Gasteiger partial charge is 0.252 e. The van der Waals surface area contributed by atoms with Crippen molar-refractivity contribution in [3.63, 3.8) is 0 Å². The first kappa shape index (κ1) is 28.4. The van der Waals surface area contributed by atoms with Crippen LogP contribution in [0.2, 0.25) is 0 Å². The molecule has 0 saturated carbocycles. The molecule has 1 heterocycles. The van der Waals surface area contributed by atoms with Crippen LogP contribution in [0.25, 0.3) is 10.9 Å². The second kappa shape index (κ2) is 12.6. The Hall–Kier alpha value is -4.14. The normalized spacial score (nSPS) is 16.8. The second-order valence-corrected chi connectivity index (χ2v) is 10.9. The van der Waals surface area contributed by atoms with Crippen LogP contribution in [0.3, 0.4) is 0 Å². The fourth-order valence-electron chi connectivity index (χ4n) is 5.59. The van der Waals surface area contributed by atoms with Gasteiger partial charge in [0.1, 0.15) is 11.5 Å². The summed E-state index contributed by atoms with van der Waals surface area (Å²) in [4.78, 5) is 27.3. The van der Waals surface area contributed by atoms with Crippen molar-refractivity contribution in [2.45, 2.75) is 50.7 Å². The summed E-state index contributed by atoms with van der Waals surface area (Å²) in [6.07, 6.45) is 3.81. The minimum atomic E-state index is -0.775. The van der Waals surface area contributed by atoms with E-state index >= 15 is 0 Å². The third kappa shape index (κ3) is 6.61. The van der Waals surface area contributed by atoms with Gasteiger partial charge in [-0.05, 0) is 92.6 Å². The van der Waals surface area contributed by atoms with E-state index in [0.717, 1.165) is 38.6 Å². The monoisotopic (exact) mass is 555 g/mol. The van der Waals surface area contributed by atoms with Crippen LogP contribution in [-0.2, 0) is 12.0 Å². The summed E-state index contributed by atoms with van der Waals surface area (Å²) in [5.74, 6) is 0.554. The molecule has 8 heteroatoms. The first-order chi connectivity index (χ1) is 19.8. The molecule has 0 aliphatic heterocycles. The molecule has 8 nitrogen and oxygen atoms in total. The highest BCUT2D eigenvalue weighted by Crippen LogP contribution is 2.36. The van der Waals surface area contributed by atoms with Gasteiger partial charge in [-0.1, -0.05) is 36.4 Å². The number of carbonyl (C=O) groups is 1. The number of phenols is 1. The van der Waals surface area contributed by atoms with Crippen molar-refractivity contribution in [3.8, 4) is 11.5 Å². The summed E-state index contributed by atoms with van der Waals surface area (Å²) >= 11 is 0. The third-order valence-corrected chi connectivity index (χ3v) is 7.86. The number of aromatic amines is 1. The van der Waals surface area contributed by atoms with E-state index < -0.39 is 6.10 Å². The molecule has 1 amide bonds. The average molecular weight is 556 g/mol. The third-order valence-electron chi connectivity index (χ3n) is 7.86. The average Bonchev–Trinajstić information content (AvgIpc) is 3.31. The molecular weight excluding hydrogens is 518 g/mol. The molecule has 1 aromatic heterocycles. The van der Waals surface area contributed by atoms with E-state index in [0.29, 0.717) is 40.9 Å². The number of aryl methyl sites for hydroxylation is 1. The van der Waals surface area contributed by atoms with Gasteiger partial charge >= 0.3 is 0 Å². The van der Waals surface area contributed by atoms with Gasteiger partial charge in [0.15, 0.2) is 0 Å². The van der Waals surface area contributed by atoms with Crippen LogP contribution in [0.15, 0.2) is 77.6 Å². The van der Waals surface area contributed by atoms with Crippen LogP contribution in [0.4, 0.5) is 0 Å². The van der Waals surface area contributed by atoms with Crippen molar-refractivity contribution < 1.29 is 19.7 Å². The van der Waals surface area contributed by atoms with E-state index in [1.54, 1.807) is 18.2 Å². The maximum Gasteiger partial charge on any atom is 0.252 e. The van der Waals surface area contributed by atoms with Gasteiger partial charge in [0.25, 0.3) is 5.91 Å². The molecule has 2 atom stereocenters. The largest absolute Gasteiger partial charge is 0.506 e. The maximum atomic E-state index is 13.1. The van der Waals surface area contributed by atoms with Crippen LogP contribution in [0.1, 0.15) is 65.8 Å². The first-order valence-electron chi connectivity index (χ1n) is 14.2. The topological polar surface area (TPSA) is 124 Å². The van der Waals surface area contributed by atoms with Gasteiger partial charge in [-0.2, -0.15) is 0 Å². The molecular formula is C33H37N3O5. The fraction of sp³-hybridized carbons (Fsp3) is 0.333. The number of aromatic hydroxyl groups is 1. The number of phenolic OH excluding ortho intramolecular Hbond substituents is 1. The van der Waals surface area contributed by atoms with Crippen LogP contribution >= 0.6 is 0 Å². The highest BCUT2D eigenvalue weighted by atomic mass is 16.5. The number of hydrogen-bond acceptors (Lipinski definition) is 6. The molecule has 5 N–H and O–H groups in total. The molecule has 1 aliphatic carbocycles. The Labute approximate surface area is 239 Å². The number of pyridine rings is 1. The molecule has 3 aromatic carbocycles. The lowest BCUT2D eigenvalue weighted by Crippen LogP contribution is -2.41. The minimum Gasteiger partial charge on any atom is -0.506 e. The maximum absolute atomic E-state index is 13.1. The number of aliphatic hydroxyl groups excluding tert-OH is 1. The van der Waals surface area contributed by atoms with E-state index in [-0.39, 0.29) is 22.8 Å². The summed E-state index contributed by atoms with van der Waals surface area (Å²) in [6, 6.07) is 21.8. The van der Waals surface area contributed by atoms with E-state index in [1.165, 1.54) is 23.3 Å². The summed E-state index contributed by atoms with van der Waals surface area (Å²) < 4.78 is 5.92. The number of aliphatic hydroxyl groups is 1. The molecule has 2 unspecified atom stereocenters. The van der Waals surface area contributed by atoms with Crippen molar-refractivity contribution in [1.82, 2.24) is 15.6 Å². The number of fused-ring (bicyclic) bond motifs is 2. The number of nitrogens with one attached hydrogen (secondary N) is 3. The highest BCUT2D eigenvalue weighted by molar-refractivity contribution is 5.95. The zero-order valence-electron chi connectivity index (χ0n) is 23.3. The van der Waals surface area contributed by atoms with Gasteiger partial charge in [-0.25, -0.2) is 0 Å². The van der Waals surface area contributed by atoms with Crippen molar-refractivity contribution in [2.24, 2.45) is 0 Å². The quantitative estimate of drug-likeness (QED) is 0.162. The van der Waals surface area contributed by atoms with Crippen molar-refractivity contribution in [1.29, 1.82) is 0 Å². The predicted octanol–water partition coefficient (Wildman–Crippen LogP) is 4.70. The van der Waals surface area contributed by atoms with Crippen LogP contribution in [0, 0.1) is 0 Å². The van der Waals surface area contributed by atoms with Crippen molar-refractivity contribution in [3.05, 3.63) is 105 Å². The number of H-pyrrole nitrogens is 1. The first-order valence-corrected chi connectivity index (χ1v) is 14.2. The zero-order valence-corrected chi connectivity index (χ0v) is 23.3. The number of hydrogen-bond donors (Lipinski definition) is 5. The summed E-state index contributed by atoms with van der Waals surface area (Å²) in [6.45, 7) is 3.73. The van der Waals surface area contributed by atoms with Gasteiger partial charge in [0, 0.05) is 23.6 Å². The van der Waals surface area contributed by atoms with Gasteiger partial charge < -0.3 is 30.6 Å². The molecule has 5 rings (SSSR count). The zero-order chi connectivity index (χ0) is 28.8. The molecule has 0 fully saturated rings. The van der Waals surface area contributed by atoms with Gasteiger partial charge in [-0.3, -0.25) is 9.59 Å². The predicted molar refractivity (Wildman–Crippen MR) is 159 cm³/mol. The lowest BCUT2D eigenvalue weighted by molar-refractivity contribution is 0.0904. The van der Waals surface area contributed by atoms with Crippen LogP contribution in [0.5, 0.6) is 11.5 Å². The number of carbonyl (C=O) groups excluding carboxylic acids is 1. The Bertz CT molecular complexity index is 1580. The van der Waals surface area contributed by atoms with Crippen molar-refractivity contribution in [2.75, 3.05) is 19.7 Å². The molecule has 41 heavy (non-hydrogen) atoms. The molecule has 214 valence electrons. The van der Waals surface area contributed by atoms with E-state index in [2.05, 4.69) is 34.7 Å². The lowest BCUT2D eigenvalue weighted by atomic mass is 9.93. The molecule has 4 aromatic rings. The SMILES string of the molecule is CC1(NC(=O)c2cccc(OCCCCCNCC(O)c3ccc(O)c4[nH]c(=O)ccc34)c2)CCc2ccccc21. The molecule has 0 spiro atoms. The molecule has 0 saturated heterocycles. The number of amides is 1. The van der Waals surface area contributed by atoms with Gasteiger partial charge in [0.2, 0.25) is 5.56 Å². The Morgan fingerprint density at radius 3 is 2.78 bits per heavy atom. The van der Waals surface area contributed by atoms with Crippen molar-refractivity contribution >= 4 is 16.8 Å². The van der Waals surface area contributed by atoms with E-state index in [9.17, 15) is 19.8 Å². The second-order valence-electron chi connectivity index (χ2n) is 10.9. The molecule has 1 aliphatic rings. The Morgan fingerprint density at radius 1 is 1.05 bits per heavy atom. The van der Waals surface area contributed by atoms with Gasteiger partial charge in [-0.15, -0.1) is 0 Å². The minimum absolute atomic E-state index is 0.0246. The highest BCUT2D eigenvalue weighted by Gasteiger charge is 2.35. The summed E-state index contributed by atoms with van der Waals surface area (Å²) in [7, 11) is 0. The summed E-state index contributed by atoms with van der Waals surface area (Å²) in [5.41, 5.74) is 3.37. The number of unbranched alkanes of at least 4 members (excludes halogenated alkanes) is 2. The Morgan fingerprint density at radius 2 is 1.90 bits per heavy atom. The van der Waals surface area contributed by atoms with Crippen LogP contribution in [-0.4, -0.2) is 40.8 Å². The molecule has 0 radical (unpaired) electrons. The van der Waals surface area contributed by atoms with Gasteiger partial charge in [0.05, 0.1) is 23.8 Å². The Balaban J connectivity index is 1.02.